The van der Waals surface area contributed by atoms with Crippen molar-refractivity contribution in [1.82, 2.24) is 0 Å². The number of carbonyl (C=O) groups is 2. The predicted molar refractivity (Wildman–Crippen MR) is 226 cm³/mol. The summed E-state index contributed by atoms with van der Waals surface area (Å²) in [7, 11) is 0. The average molecular weight is 943 g/mol. The number of allylic oxidation sites excluding steroid dienone is 1. The van der Waals surface area contributed by atoms with Crippen LogP contribution in [0.3, 0.4) is 0 Å². The first kappa shape index (κ1) is 50.5. The summed E-state index contributed by atoms with van der Waals surface area (Å²) in [6.07, 6.45) is -19.1. The Balaban J connectivity index is 1.10. The van der Waals surface area contributed by atoms with Crippen LogP contribution in [0.25, 0.3) is 0 Å². The molecule has 8 aliphatic rings. The van der Waals surface area contributed by atoms with Gasteiger partial charge in [-0.2, -0.15) is 0 Å². The van der Waals surface area contributed by atoms with Crippen LogP contribution in [0.4, 0.5) is 0 Å². The topological polar surface area (TPSA) is 312 Å². The van der Waals surface area contributed by atoms with Gasteiger partial charge in [-0.25, -0.2) is 4.79 Å². The van der Waals surface area contributed by atoms with Gasteiger partial charge in [0, 0.05) is 5.41 Å². The van der Waals surface area contributed by atoms with E-state index >= 15 is 0 Å². The number of aliphatic hydroxyl groups is 9. The molecule has 3 saturated heterocycles. The molecule has 8 rings (SSSR count). The van der Waals surface area contributed by atoms with Gasteiger partial charge in [0.05, 0.1) is 31.3 Å². The summed E-state index contributed by atoms with van der Waals surface area (Å²) in [5.41, 5.74) is -1.34. The van der Waals surface area contributed by atoms with Gasteiger partial charge in [-0.15, -0.1) is 0 Å². The zero-order chi connectivity index (χ0) is 48.2. The first-order chi connectivity index (χ1) is 30.9. The van der Waals surface area contributed by atoms with E-state index in [1.807, 2.05) is 13.8 Å². The zero-order valence-electron chi connectivity index (χ0n) is 38.6. The molecule has 25 atom stereocenters. The van der Waals surface area contributed by atoms with E-state index in [2.05, 4.69) is 27.4 Å². The highest BCUT2D eigenvalue weighted by Crippen LogP contribution is 2.77. The summed E-state index contributed by atoms with van der Waals surface area (Å²) >= 11 is 0. The Kier molecular flexibility index (Phi) is 13.8. The number of rotatable bonds is 11. The van der Waals surface area contributed by atoms with E-state index in [9.17, 15) is 65.8 Å². The second kappa shape index (κ2) is 18.0. The highest BCUT2D eigenvalue weighted by Gasteiger charge is 2.73. The Labute approximate surface area is 385 Å². The second-order valence-electron chi connectivity index (χ2n) is 22.4. The molecule has 8 fully saturated rings. The molecule has 25 unspecified atom stereocenters. The Bertz CT molecular complexity index is 1820. The maximum atomic E-state index is 13.2. The van der Waals surface area contributed by atoms with Crippen LogP contribution in [-0.4, -0.2) is 180 Å². The molecule has 0 radical (unpaired) electrons. The lowest BCUT2D eigenvalue weighted by Crippen LogP contribution is -2.69. The van der Waals surface area contributed by atoms with Crippen molar-refractivity contribution in [1.29, 1.82) is 0 Å². The molecular formula is C47H74O19. The fourth-order valence-electron chi connectivity index (χ4n) is 15.7. The van der Waals surface area contributed by atoms with Crippen molar-refractivity contribution in [3.8, 4) is 0 Å². The first-order valence-corrected chi connectivity index (χ1v) is 23.9. The Morgan fingerprint density at radius 1 is 0.667 bits per heavy atom. The number of fused-ring (bicyclic) bond motifs is 7. The lowest BCUT2D eigenvalue weighted by molar-refractivity contribution is -0.392. The maximum Gasteiger partial charge on any atom is 0.335 e. The van der Waals surface area contributed by atoms with Crippen LogP contribution in [0, 0.1) is 56.7 Å². The molecule has 376 valence electrons. The summed E-state index contributed by atoms with van der Waals surface area (Å²) in [6.45, 7) is 13.8. The molecule has 3 heterocycles. The van der Waals surface area contributed by atoms with Crippen LogP contribution >= 0.6 is 0 Å². The van der Waals surface area contributed by atoms with Gasteiger partial charge < -0.3 is 84.6 Å². The molecule has 5 aliphatic carbocycles. The van der Waals surface area contributed by atoms with Gasteiger partial charge in [0.1, 0.15) is 61.0 Å². The van der Waals surface area contributed by atoms with Crippen molar-refractivity contribution < 1.29 is 94.2 Å². The van der Waals surface area contributed by atoms with Crippen molar-refractivity contribution in [3.05, 3.63) is 12.2 Å². The molecule has 0 bridgehead atoms. The van der Waals surface area contributed by atoms with Gasteiger partial charge in [0.25, 0.3) is 0 Å². The minimum absolute atomic E-state index is 0.00201. The molecule has 11 N–H and O–H groups in total. The number of hydrogen-bond donors (Lipinski definition) is 11. The SMILES string of the molecule is C=C(C)C1CCC2(C(=O)O)CCC3(C)C(CCC4C5(C)CCC(OC6OC(C(=O)O)C(O)C(OC7OC(CO)C(O)C(O)C7O)C6OC6OCC(O)C(O)C6O)C(C)(CO)C5CCC43C)C12. The molecule has 19 nitrogen and oxygen atoms in total. The minimum atomic E-state index is -2.11. The predicted octanol–water partition coefficient (Wildman–Crippen LogP) is 0.266. The summed E-state index contributed by atoms with van der Waals surface area (Å²) in [6, 6.07) is 0. The normalized spacial score (nSPS) is 54.9. The molecule has 19 heteroatoms. The van der Waals surface area contributed by atoms with Crippen LogP contribution in [0.1, 0.15) is 98.8 Å². The number of aliphatic hydroxyl groups excluding tert-OH is 9. The van der Waals surface area contributed by atoms with Gasteiger partial charge in [0.2, 0.25) is 0 Å². The van der Waals surface area contributed by atoms with Crippen LogP contribution in [0.5, 0.6) is 0 Å². The fourth-order valence-corrected chi connectivity index (χ4v) is 15.7. The third kappa shape index (κ3) is 7.56. The van der Waals surface area contributed by atoms with Gasteiger partial charge in [-0.3, -0.25) is 4.79 Å². The third-order valence-electron chi connectivity index (χ3n) is 19.5. The van der Waals surface area contributed by atoms with Gasteiger partial charge in [-0.1, -0.05) is 39.8 Å². The Morgan fingerprint density at radius 3 is 1.98 bits per heavy atom. The third-order valence-corrected chi connectivity index (χ3v) is 19.5. The summed E-state index contributed by atoms with van der Waals surface area (Å²) < 4.78 is 36.1. The molecule has 0 aromatic rings. The molecule has 0 aromatic heterocycles. The Morgan fingerprint density at radius 2 is 1.35 bits per heavy atom. The highest BCUT2D eigenvalue weighted by molar-refractivity contribution is 5.76. The number of carboxylic acids is 2. The molecule has 0 amide bonds. The number of aliphatic carboxylic acids is 2. The number of carboxylic acid groups (broad SMARTS) is 2. The second-order valence-corrected chi connectivity index (χ2v) is 22.4. The Hall–Kier alpha value is -1.92. The van der Waals surface area contributed by atoms with E-state index < -0.39 is 128 Å². The molecule has 5 saturated carbocycles. The zero-order valence-corrected chi connectivity index (χ0v) is 38.6. The number of hydrogen-bond acceptors (Lipinski definition) is 17. The first-order valence-electron chi connectivity index (χ1n) is 23.9. The van der Waals surface area contributed by atoms with E-state index in [1.54, 1.807) is 0 Å². The number of ether oxygens (including phenoxy) is 6. The summed E-state index contributed by atoms with van der Waals surface area (Å²) in [5, 5.41) is 118. The molecular weight excluding hydrogens is 868 g/mol. The van der Waals surface area contributed by atoms with Crippen LogP contribution in [0.2, 0.25) is 0 Å². The van der Waals surface area contributed by atoms with Gasteiger partial charge in [-0.05, 0) is 117 Å². The lowest BCUT2D eigenvalue weighted by Gasteiger charge is -2.73. The van der Waals surface area contributed by atoms with E-state index in [1.165, 1.54) is 0 Å². The van der Waals surface area contributed by atoms with Crippen LogP contribution < -0.4 is 0 Å². The summed E-state index contributed by atoms with van der Waals surface area (Å²) in [4.78, 5) is 25.9. The summed E-state index contributed by atoms with van der Waals surface area (Å²) in [5.74, 6) is -1.92. The van der Waals surface area contributed by atoms with Gasteiger partial charge in [0.15, 0.2) is 25.0 Å². The minimum Gasteiger partial charge on any atom is -0.481 e. The van der Waals surface area contributed by atoms with Crippen molar-refractivity contribution in [2.75, 3.05) is 19.8 Å². The highest BCUT2D eigenvalue weighted by atomic mass is 16.8. The van der Waals surface area contributed by atoms with E-state index in [0.717, 1.165) is 37.7 Å². The molecule has 0 spiro atoms. The molecule has 0 aromatic carbocycles. The standard InChI is InChI=1S/C47H74O19/c1-20(2)21-9-14-47(42(59)60)16-15-45(5)22(28(21)47)7-8-26-43(3)12-11-27(44(4,19-49)25(43)10-13-46(26,45)6)63-41-37(66-39-32(54)29(51)23(50)18-61-39)35(34(56)36(65-41)38(57)58)64-40-33(55)31(53)30(52)24(17-48)62-40/h21-37,39-41,48-56H,1,7-19H2,2-6H3,(H,57,58)(H,59,60). The van der Waals surface area contributed by atoms with E-state index in [4.69, 9.17) is 28.4 Å². The lowest BCUT2D eigenvalue weighted by atomic mass is 9.32. The van der Waals surface area contributed by atoms with E-state index in [-0.39, 0.29) is 52.4 Å². The van der Waals surface area contributed by atoms with Crippen molar-refractivity contribution >= 4 is 11.9 Å². The molecule has 66 heavy (non-hydrogen) atoms. The van der Waals surface area contributed by atoms with E-state index in [0.29, 0.717) is 32.1 Å². The van der Waals surface area contributed by atoms with Crippen LogP contribution in [0.15, 0.2) is 12.2 Å². The maximum absolute atomic E-state index is 13.2. The quantitative estimate of drug-likeness (QED) is 0.0978. The van der Waals surface area contributed by atoms with Crippen molar-refractivity contribution in [2.24, 2.45) is 56.7 Å². The molecule has 3 aliphatic heterocycles. The van der Waals surface area contributed by atoms with Crippen molar-refractivity contribution in [2.45, 2.75) is 191 Å². The average Bonchev–Trinajstić information content (AvgIpc) is 3.68. The monoisotopic (exact) mass is 942 g/mol. The van der Waals surface area contributed by atoms with Crippen molar-refractivity contribution in [3.63, 3.8) is 0 Å². The smallest absolute Gasteiger partial charge is 0.335 e. The van der Waals surface area contributed by atoms with Crippen LogP contribution in [-0.2, 0) is 38.0 Å². The fraction of sp³-hybridized carbons (Fsp3) is 0.915. The van der Waals surface area contributed by atoms with Gasteiger partial charge >= 0.3 is 11.9 Å². The largest absolute Gasteiger partial charge is 0.481 e.